The molecule has 1 aromatic carbocycles. The lowest BCUT2D eigenvalue weighted by molar-refractivity contribution is 0.0301. The fraction of sp³-hybridized carbons (Fsp3) is 0.500. The monoisotopic (exact) mass is 307 g/mol. The number of nitrogens with one attached hydrogen (secondary N) is 1. The third-order valence-electron chi connectivity index (χ3n) is 3.72. The summed E-state index contributed by atoms with van der Waals surface area (Å²) in [5.41, 5.74) is 1.03. The molecule has 0 amide bonds. The number of hydrogen-bond acceptors (Lipinski definition) is 3. The van der Waals surface area contributed by atoms with Gasteiger partial charge >= 0.3 is 0 Å². The molecule has 114 valence electrons. The smallest absolute Gasteiger partial charge is 0.240 e. The maximum atomic E-state index is 12.4. The van der Waals surface area contributed by atoms with Crippen molar-refractivity contribution in [2.24, 2.45) is 0 Å². The fourth-order valence-electron chi connectivity index (χ4n) is 2.57. The normalized spacial score (nSPS) is 22.7. The highest BCUT2D eigenvalue weighted by Crippen LogP contribution is 2.23. The summed E-state index contributed by atoms with van der Waals surface area (Å²) in [6.45, 7) is 2.14. The molecule has 0 aliphatic heterocycles. The van der Waals surface area contributed by atoms with Crippen LogP contribution in [-0.2, 0) is 14.8 Å². The second-order valence-electron chi connectivity index (χ2n) is 5.38. The summed E-state index contributed by atoms with van der Waals surface area (Å²) in [5, 5.41) is 0. The number of hydrogen-bond donors (Lipinski definition) is 1. The lowest BCUT2D eigenvalue weighted by Crippen LogP contribution is -2.46. The predicted octanol–water partition coefficient (Wildman–Crippen LogP) is 2.23. The van der Waals surface area contributed by atoms with Crippen LogP contribution < -0.4 is 4.72 Å². The third-order valence-corrected chi connectivity index (χ3v) is 5.23. The van der Waals surface area contributed by atoms with Crippen LogP contribution in [0.15, 0.2) is 29.2 Å². The minimum absolute atomic E-state index is 0.143. The Labute approximate surface area is 126 Å². The molecular weight excluding hydrogens is 286 g/mol. The van der Waals surface area contributed by atoms with Gasteiger partial charge in [0.1, 0.15) is 6.61 Å². The van der Waals surface area contributed by atoms with Crippen molar-refractivity contribution < 1.29 is 13.2 Å². The Morgan fingerprint density at radius 2 is 1.95 bits per heavy atom. The van der Waals surface area contributed by atoms with Gasteiger partial charge in [0.2, 0.25) is 10.0 Å². The SMILES string of the molecule is C#CCO[C@H]1CCCC[C@@H]1NS(=O)(=O)c1ccc(C)cc1. The van der Waals surface area contributed by atoms with Crippen LogP contribution >= 0.6 is 0 Å². The first-order valence-electron chi connectivity index (χ1n) is 7.17. The Bertz CT molecular complexity index is 601. The fourth-order valence-corrected chi connectivity index (χ4v) is 3.87. The maximum absolute atomic E-state index is 12.4. The first-order chi connectivity index (χ1) is 10.0. The van der Waals surface area contributed by atoms with Gasteiger partial charge in [-0.25, -0.2) is 13.1 Å². The number of terminal acetylenes is 1. The van der Waals surface area contributed by atoms with E-state index in [9.17, 15) is 8.42 Å². The topological polar surface area (TPSA) is 55.4 Å². The summed E-state index contributed by atoms with van der Waals surface area (Å²) in [4.78, 5) is 0.286. The molecule has 2 rings (SSSR count). The van der Waals surface area contributed by atoms with Gasteiger partial charge in [-0.15, -0.1) is 6.42 Å². The first-order valence-corrected chi connectivity index (χ1v) is 8.65. The molecule has 4 nitrogen and oxygen atoms in total. The highest BCUT2D eigenvalue weighted by Gasteiger charge is 2.30. The van der Waals surface area contributed by atoms with Crippen molar-refractivity contribution in [1.82, 2.24) is 4.72 Å². The lowest BCUT2D eigenvalue weighted by Gasteiger charge is -2.31. The molecule has 1 aromatic rings. The second kappa shape index (κ2) is 7.08. The quantitative estimate of drug-likeness (QED) is 0.849. The molecule has 0 radical (unpaired) electrons. The van der Waals surface area contributed by atoms with E-state index in [0.29, 0.717) is 0 Å². The van der Waals surface area contributed by atoms with Gasteiger partial charge in [0, 0.05) is 6.04 Å². The van der Waals surface area contributed by atoms with Crippen molar-refractivity contribution in [2.45, 2.75) is 49.6 Å². The zero-order valence-electron chi connectivity index (χ0n) is 12.2. The zero-order chi connectivity index (χ0) is 15.3. The van der Waals surface area contributed by atoms with Crippen LogP contribution in [0.4, 0.5) is 0 Å². The summed E-state index contributed by atoms with van der Waals surface area (Å²) in [7, 11) is -3.52. The summed E-state index contributed by atoms with van der Waals surface area (Å²) in [5.74, 6) is 2.44. The Hall–Kier alpha value is -1.35. The van der Waals surface area contributed by atoms with E-state index in [2.05, 4.69) is 10.6 Å². The van der Waals surface area contributed by atoms with E-state index < -0.39 is 10.0 Å². The Morgan fingerprint density at radius 3 is 2.62 bits per heavy atom. The van der Waals surface area contributed by atoms with Crippen molar-refractivity contribution >= 4 is 10.0 Å². The van der Waals surface area contributed by atoms with Crippen molar-refractivity contribution in [3.05, 3.63) is 29.8 Å². The zero-order valence-corrected chi connectivity index (χ0v) is 13.0. The molecule has 1 fully saturated rings. The van der Waals surface area contributed by atoms with Crippen molar-refractivity contribution in [3.63, 3.8) is 0 Å². The molecule has 1 aliphatic carbocycles. The number of aryl methyl sites for hydroxylation is 1. The average Bonchev–Trinajstić information content (AvgIpc) is 2.46. The molecule has 2 atom stereocenters. The Balaban J connectivity index is 2.10. The Morgan fingerprint density at radius 1 is 1.29 bits per heavy atom. The molecule has 0 bridgehead atoms. The van der Waals surface area contributed by atoms with Gasteiger partial charge in [0.25, 0.3) is 0 Å². The van der Waals surface area contributed by atoms with E-state index in [-0.39, 0.29) is 23.6 Å². The third kappa shape index (κ3) is 4.31. The van der Waals surface area contributed by atoms with Crippen molar-refractivity contribution in [1.29, 1.82) is 0 Å². The van der Waals surface area contributed by atoms with Crippen molar-refractivity contribution in [3.8, 4) is 12.3 Å². The molecule has 1 saturated carbocycles. The van der Waals surface area contributed by atoms with Crippen LogP contribution in [0.5, 0.6) is 0 Å². The van der Waals surface area contributed by atoms with E-state index in [0.717, 1.165) is 31.2 Å². The van der Waals surface area contributed by atoms with E-state index in [1.165, 1.54) is 0 Å². The van der Waals surface area contributed by atoms with E-state index in [1.807, 2.05) is 6.92 Å². The Kier molecular flexibility index (Phi) is 5.40. The van der Waals surface area contributed by atoms with E-state index in [1.54, 1.807) is 24.3 Å². The number of ether oxygens (including phenoxy) is 1. The number of benzene rings is 1. The molecule has 0 heterocycles. The van der Waals surface area contributed by atoms with Gasteiger partial charge in [-0.05, 0) is 31.9 Å². The maximum Gasteiger partial charge on any atom is 0.240 e. The predicted molar refractivity (Wildman–Crippen MR) is 82.3 cm³/mol. The van der Waals surface area contributed by atoms with Gasteiger partial charge in [0.15, 0.2) is 0 Å². The van der Waals surface area contributed by atoms with E-state index >= 15 is 0 Å². The highest BCUT2D eigenvalue weighted by atomic mass is 32.2. The van der Waals surface area contributed by atoms with Gasteiger partial charge in [-0.2, -0.15) is 0 Å². The summed E-state index contributed by atoms with van der Waals surface area (Å²) in [6.07, 6.45) is 8.72. The molecule has 0 aromatic heterocycles. The summed E-state index contributed by atoms with van der Waals surface area (Å²) >= 11 is 0. The van der Waals surface area contributed by atoms with Gasteiger partial charge < -0.3 is 4.74 Å². The summed E-state index contributed by atoms with van der Waals surface area (Å²) < 4.78 is 33.2. The molecule has 0 spiro atoms. The molecule has 5 heteroatoms. The molecule has 1 N–H and O–H groups in total. The average molecular weight is 307 g/mol. The van der Waals surface area contributed by atoms with Crippen LogP contribution in [-0.4, -0.2) is 27.2 Å². The molecule has 21 heavy (non-hydrogen) atoms. The van der Waals surface area contributed by atoms with Crippen molar-refractivity contribution in [2.75, 3.05) is 6.61 Å². The lowest BCUT2D eigenvalue weighted by atomic mass is 9.93. The van der Waals surface area contributed by atoms with Gasteiger partial charge in [-0.1, -0.05) is 36.5 Å². The summed E-state index contributed by atoms with van der Waals surface area (Å²) in [6, 6.07) is 6.62. The minimum atomic E-state index is -3.52. The van der Waals surface area contributed by atoms with Crippen LogP contribution in [0, 0.1) is 19.3 Å². The molecule has 1 aliphatic rings. The first kappa shape index (κ1) is 16.0. The molecule has 0 unspecified atom stereocenters. The van der Waals surface area contributed by atoms with Gasteiger partial charge in [-0.3, -0.25) is 0 Å². The molecule has 0 saturated heterocycles. The number of sulfonamides is 1. The van der Waals surface area contributed by atoms with Gasteiger partial charge in [0.05, 0.1) is 11.0 Å². The largest absolute Gasteiger partial charge is 0.364 e. The number of rotatable bonds is 5. The second-order valence-corrected chi connectivity index (χ2v) is 7.09. The molecular formula is C16H21NO3S. The highest BCUT2D eigenvalue weighted by molar-refractivity contribution is 7.89. The van der Waals surface area contributed by atoms with Crippen LogP contribution in [0.1, 0.15) is 31.2 Å². The van der Waals surface area contributed by atoms with Crippen LogP contribution in [0.25, 0.3) is 0 Å². The van der Waals surface area contributed by atoms with E-state index in [4.69, 9.17) is 11.2 Å². The minimum Gasteiger partial charge on any atom is -0.364 e. The van der Waals surface area contributed by atoms with Crippen LogP contribution in [0.3, 0.4) is 0 Å². The van der Waals surface area contributed by atoms with Crippen LogP contribution in [0.2, 0.25) is 0 Å². The standard InChI is InChI=1S/C16H21NO3S/c1-3-12-20-16-7-5-4-6-15(16)17-21(18,19)14-10-8-13(2)9-11-14/h1,8-11,15-17H,4-7,12H2,2H3/t15-,16-/m0/s1.